The zero-order chi connectivity index (χ0) is 11.1. The molecule has 0 amide bonds. The molecule has 0 bridgehead atoms. The molecule has 0 radical (unpaired) electrons. The van der Waals surface area contributed by atoms with E-state index in [2.05, 4.69) is 5.32 Å². The summed E-state index contributed by atoms with van der Waals surface area (Å²) in [5, 5.41) is 20.4. The van der Waals surface area contributed by atoms with E-state index in [1.807, 2.05) is 30.3 Å². The summed E-state index contributed by atoms with van der Waals surface area (Å²) in [5.74, 6) is -0.931. The maximum Gasteiger partial charge on any atom is 0.320 e. The summed E-state index contributed by atoms with van der Waals surface area (Å²) in [6.07, 6.45) is 0.224. The predicted octanol–water partition coefficient (Wildman–Crippen LogP) is 0.612. The standard InChI is InChI=1S/C11H15NO3/c13-7-6-10(11(14)15)12-8-9-4-2-1-3-5-9/h1-5,10,12-13H,6-8H2,(H,14,15)/t10-/m0/s1. The molecule has 1 aromatic carbocycles. The van der Waals surface area contributed by atoms with Gasteiger partial charge in [0.1, 0.15) is 6.04 Å². The number of carboxylic acids is 1. The predicted molar refractivity (Wildman–Crippen MR) is 56.4 cm³/mol. The van der Waals surface area contributed by atoms with Crippen LogP contribution in [0.15, 0.2) is 30.3 Å². The van der Waals surface area contributed by atoms with Crippen molar-refractivity contribution in [3.8, 4) is 0 Å². The van der Waals surface area contributed by atoms with Crippen molar-refractivity contribution in [3.05, 3.63) is 35.9 Å². The van der Waals surface area contributed by atoms with Gasteiger partial charge in [-0.15, -0.1) is 0 Å². The molecule has 0 spiro atoms. The fourth-order valence-corrected chi connectivity index (χ4v) is 1.28. The van der Waals surface area contributed by atoms with Crippen molar-refractivity contribution < 1.29 is 15.0 Å². The van der Waals surface area contributed by atoms with E-state index in [-0.39, 0.29) is 13.0 Å². The van der Waals surface area contributed by atoms with E-state index < -0.39 is 12.0 Å². The first-order valence-electron chi connectivity index (χ1n) is 4.85. The van der Waals surface area contributed by atoms with Gasteiger partial charge in [0.05, 0.1) is 0 Å². The van der Waals surface area contributed by atoms with Crippen molar-refractivity contribution in [2.24, 2.45) is 0 Å². The Labute approximate surface area is 88.6 Å². The summed E-state index contributed by atoms with van der Waals surface area (Å²) < 4.78 is 0. The van der Waals surface area contributed by atoms with Gasteiger partial charge < -0.3 is 15.5 Å². The van der Waals surface area contributed by atoms with Crippen molar-refractivity contribution >= 4 is 5.97 Å². The first-order chi connectivity index (χ1) is 7.24. The maximum atomic E-state index is 10.7. The number of aliphatic carboxylic acids is 1. The Morgan fingerprint density at radius 2 is 2.00 bits per heavy atom. The highest BCUT2D eigenvalue weighted by atomic mass is 16.4. The first-order valence-corrected chi connectivity index (χ1v) is 4.85. The van der Waals surface area contributed by atoms with Crippen molar-refractivity contribution in [2.45, 2.75) is 19.0 Å². The number of aliphatic hydroxyl groups excluding tert-OH is 1. The van der Waals surface area contributed by atoms with Gasteiger partial charge in [-0.2, -0.15) is 0 Å². The number of hydrogen-bond donors (Lipinski definition) is 3. The fraction of sp³-hybridized carbons (Fsp3) is 0.364. The average molecular weight is 209 g/mol. The van der Waals surface area contributed by atoms with E-state index >= 15 is 0 Å². The zero-order valence-corrected chi connectivity index (χ0v) is 8.39. The van der Waals surface area contributed by atoms with Crippen molar-refractivity contribution in [3.63, 3.8) is 0 Å². The summed E-state index contributed by atoms with van der Waals surface area (Å²) in [6.45, 7) is 0.372. The second kappa shape index (κ2) is 6.16. The molecule has 4 nitrogen and oxygen atoms in total. The lowest BCUT2D eigenvalue weighted by molar-refractivity contribution is -0.139. The number of hydrogen-bond acceptors (Lipinski definition) is 3. The van der Waals surface area contributed by atoms with Crippen LogP contribution in [0.25, 0.3) is 0 Å². The van der Waals surface area contributed by atoms with Gasteiger partial charge in [0, 0.05) is 13.2 Å². The molecule has 1 atom stereocenters. The normalized spacial score (nSPS) is 12.3. The summed E-state index contributed by atoms with van der Waals surface area (Å²) in [6, 6.07) is 8.87. The Kier molecular flexibility index (Phi) is 4.80. The van der Waals surface area contributed by atoms with Crippen LogP contribution in [0.2, 0.25) is 0 Å². The molecule has 0 aliphatic rings. The van der Waals surface area contributed by atoms with Crippen LogP contribution in [0.4, 0.5) is 0 Å². The van der Waals surface area contributed by atoms with E-state index in [0.29, 0.717) is 6.54 Å². The molecule has 0 aromatic heterocycles. The van der Waals surface area contributed by atoms with Crippen LogP contribution < -0.4 is 5.32 Å². The van der Waals surface area contributed by atoms with Crippen LogP contribution >= 0.6 is 0 Å². The number of aliphatic hydroxyl groups is 1. The van der Waals surface area contributed by atoms with E-state index in [1.54, 1.807) is 0 Å². The third-order valence-corrected chi connectivity index (χ3v) is 2.11. The molecular formula is C11H15NO3. The number of nitrogens with one attached hydrogen (secondary N) is 1. The van der Waals surface area contributed by atoms with Crippen LogP contribution in [0.3, 0.4) is 0 Å². The Morgan fingerprint density at radius 3 is 2.53 bits per heavy atom. The Balaban J connectivity index is 2.43. The number of carbonyl (C=O) groups is 1. The fourth-order valence-electron chi connectivity index (χ4n) is 1.28. The van der Waals surface area contributed by atoms with Crippen molar-refractivity contribution in [2.75, 3.05) is 6.61 Å². The molecule has 1 rings (SSSR count). The second-order valence-corrected chi connectivity index (χ2v) is 3.27. The van der Waals surface area contributed by atoms with E-state index in [9.17, 15) is 4.79 Å². The Morgan fingerprint density at radius 1 is 1.33 bits per heavy atom. The molecule has 15 heavy (non-hydrogen) atoms. The highest BCUT2D eigenvalue weighted by Crippen LogP contribution is 1.99. The molecule has 0 fully saturated rings. The summed E-state index contributed by atoms with van der Waals surface area (Å²) in [7, 11) is 0. The van der Waals surface area contributed by atoms with Crippen molar-refractivity contribution in [1.29, 1.82) is 0 Å². The summed E-state index contributed by atoms with van der Waals surface area (Å²) >= 11 is 0. The minimum Gasteiger partial charge on any atom is -0.480 e. The lowest BCUT2D eigenvalue weighted by Crippen LogP contribution is -2.36. The minimum absolute atomic E-state index is 0.126. The van der Waals surface area contributed by atoms with E-state index in [1.165, 1.54) is 0 Å². The van der Waals surface area contributed by atoms with Crippen LogP contribution in [0, 0.1) is 0 Å². The smallest absolute Gasteiger partial charge is 0.320 e. The molecule has 4 heteroatoms. The third kappa shape index (κ3) is 4.10. The molecule has 0 aliphatic carbocycles. The monoisotopic (exact) mass is 209 g/mol. The molecule has 1 aromatic rings. The average Bonchev–Trinajstić information content (AvgIpc) is 2.25. The molecule has 0 heterocycles. The molecule has 3 N–H and O–H groups in total. The van der Waals surface area contributed by atoms with Gasteiger partial charge in [-0.05, 0) is 12.0 Å². The van der Waals surface area contributed by atoms with Crippen LogP contribution in [-0.2, 0) is 11.3 Å². The van der Waals surface area contributed by atoms with Gasteiger partial charge in [-0.3, -0.25) is 4.79 Å². The summed E-state index contributed by atoms with van der Waals surface area (Å²) in [4.78, 5) is 10.7. The van der Waals surface area contributed by atoms with Gasteiger partial charge in [0.15, 0.2) is 0 Å². The molecule has 0 unspecified atom stereocenters. The quantitative estimate of drug-likeness (QED) is 0.642. The lowest BCUT2D eigenvalue weighted by Gasteiger charge is -2.12. The van der Waals surface area contributed by atoms with E-state index in [0.717, 1.165) is 5.56 Å². The van der Waals surface area contributed by atoms with Crippen LogP contribution in [0.1, 0.15) is 12.0 Å². The minimum atomic E-state index is -0.931. The van der Waals surface area contributed by atoms with E-state index in [4.69, 9.17) is 10.2 Å². The maximum absolute atomic E-state index is 10.7. The van der Waals surface area contributed by atoms with Crippen LogP contribution in [-0.4, -0.2) is 28.8 Å². The SMILES string of the molecule is O=C(O)[C@H](CCO)NCc1ccccc1. The molecule has 0 saturated carbocycles. The largest absolute Gasteiger partial charge is 0.480 e. The van der Waals surface area contributed by atoms with Gasteiger partial charge >= 0.3 is 5.97 Å². The molecule has 0 saturated heterocycles. The van der Waals surface area contributed by atoms with Gasteiger partial charge in [-0.25, -0.2) is 0 Å². The van der Waals surface area contributed by atoms with Crippen molar-refractivity contribution in [1.82, 2.24) is 5.32 Å². The van der Waals surface area contributed by atoms with Gasteiger partial charge in [0.25, 0.3) is 0 Å². The molecule has 82 valence electrons. The van der Waals surface area contributed by atoms with Gasteiger partial charge in [-0.1, -0.05) is 30.3 Å². The van der Waals surface area contributed by atoms with Gasteiger partial charge in [0.2, 0.25) is 0 Å². The lowest BCUT2D eigenvalue weighted by atomic mass is 10.2. The highest BCUT2D eigenvalue weighted by Gasteiger charge is 2.15. The first kappa shape index (κ1) is 11.7. The Hall–Kier alpha value is -1.39. The number of rotatable bonds is 6. The molecular weight excluding hydrogens is 194 g/mol. The van der Waals surface area contributed by atoms with Crippen LogP contribution in [0.5, 0.6) is 0 Å². The number of carboxylic acid groups (broad SMARTS) is 1. The Bertz CT molecular complexity index is 300. The highest BCUT2D eigenvalue weighted by molar-refractivity contribution is 5.73. The summed E-state index contributed by atoms with van der Waals surface area (Å²) in [5.41, 5.74) is 1.03. The third-order valence-electron chi connectivity index (χ3n) is 2.11. The zero-order valence-electron chi connectivity index (χ0n) is 8.39. The topological polar surface area (TPSA) is 69.6 Å². The second-order valence-electron chi connectivity index (χ2n) is 3.27. The number of benzene rings is 1. The molecule has 0 aliphatic heterocycles.